The topological polar surface area (TPSA) is 70.4 Å². The normalized spacial score (nSPS) is 11.9. The Hall–Kier alpha value is -0.175. The van der Waals surface area contributed by atoms with E-state index in [1.54, 1.807) is 0 Å². The Kier molecular flexibility index (Phi) is 18.1. The van der Waals surface area contributed by atoms with Crippen LogP contribution in [0.5, 0.6) is 0 Å². The Bertz CT molecular complexity index is 244. The second-order valence-corrected chi connectivity index (χ2v) is 9.54. The molecule has 6 nitrogen and oxygen atoms in total. The van der Waals surface area contributed by atoms with E-state index in [1.165, 1.54) is 0 Å². The minimum Gasteiger partial charge on any atom is -0.402 e. The zero-order chi connectivity index (χ0) is 21.8. The van der Waals surface area contributed by atoms with Crippen molar-refractivity contribution >= 4 is 7.32 Å². The summed E-state index contributed by atoms with van der Waals surface area (Å²) in [4.78, 5) is 6.56. The molecule has 156 valence electrons. The van der Waals surface area contributed by atoms with Gasteiger partial charge < -0.3 is 29.8 Å². The van der Waals surface area contributed by atoms with Gasteiger partial charge in [0.05, 0.1) is 0 Å². The summed E-state index contributed by atoms with van der Waals surface area (Å²) in [5.74, 6) is 0. The maximum Gasteiger partial charge on any atom is 0.631 e. The van der Waals surface area contributed by atoms with Crippen molar-refractivity contribution in [2.24, 2.45) is 0 Å². The highest BCUT2D eigenvalue weighted by atomic mass is 16.5. The average Bonchev–Trinajstić information content (AvgIpc) is 2.25. The third-order valence-electron chi connectivity index (χ3n) is 4.02. The Labute approximate surface area is 159 Å². The van der Waals surface area contributed by atoms with Crippen molar-refractivity contribution in [2.45, 2.75) is 78.9 Å². The predicted octanol–water partition coefficient (Wildman–Crippen LogP) is 1.99. The third kappa shape index (κ3) is 35.7. The van der Waals surface area contributed by atoms with Crippen LogP contribution in [0.2, 0.25) is 0 Å². The second-order valence-electron chi connectivity index (χ2n) is 9.54. The van der Waals surface area contributed by atoms with Gasteiger partial charge in [-0.2, -0.15) is 0 Å². The first-order chi connectivity index (χ1) is 10.6. The first-order valence-electron chi connectivity index (χ1n) is 8.63. The van der Waals surface area contributed by atoms with Gasteiger partial charge in [0.25, 0.3) is 0 Å². The Morgan fingerprint density at radius 2 is 0.480 bits per heavy atom. The van der Waals surface area contributed by atoms with Gasteiger partial charge in [0.1, 0.15) is 0 Å². The fraction of sp³-hybridized carbons (Fsp3) is 1.00. The third-order valence-corrected chi connectivity index (χ3v) is 4.02. The van der Waals surface area contributed by atoms with Crippen molar-refractivity contribution in [3.8, 4) is 0 Å². The summed E-state index contributed by atoms with van der Waals surface area (Å²) in [5, 5.41) is 21.5. The molecule has 0 rings (SSSR count). The average molecular weight is 365 g/mol. The first-order valence-corrected chi connectivity index (χ1v) is 8.63. The van der Waals surface area contributed by atoms with Crippen LogP contribution >= 0.6 is 0 Å². The van der Waals surface area contributed by atoms with Crippen LogP contribution in [0.15, 0.2) is 0 Å². The van der Waals surface area contributed by atoms with Crippen LogP contribution in [0, 0.1) is 0 Å². The predicted molar refractivity (Wildman–Crippen MR) is 113 cm³/mol. The van der Waals surface area contributed by atoms with Crippen LogP contribution < -0.4 is 0 Å². The quantitative estimate of drug-likeness (QED) is 0.571. The van der Waals surface area contributed by atoms with Crippen molar-refractivity contribution in [1.29, 1.82) is 0 Å². The van der Waals surface area contributed by atoms with Crippen molar-refractivity contribution in [1.82, 2.24) is 14.7 Å². The molecule has 0 saturated carbocycles. The molecule has 0 bridgehead atoms. The highest BCUT2D eigenvalue weighted by Crippen LogP contribution is 2.06. The number of hydrogen-bond acceptors (Lipinski definition) is 6. The molecule has 0 aliphatic rings. The smallest absolute Gasteiger partial charge is 0.402 e. The molecule has 0 aromatic carbocycles. The summed E-state index contributed by atoms with van der Waals surface area (Å²) in [5.41, 5.74) is 1.00. The van der Waals surface area contributed by atoms with E-state index < -0.39 is 7.32 Å². The molecule has 0 atom stereocenters. The molecule has 0 aliphatic heterocycles. The molecule has 0 unspecified atom stereocenters. The van der Waals surface area contributed by atoms with E-state index >= 15 is 0 Å². The van der Waals surface area contributed by atoms with E-state index in [0.29, 0.717) is 16.6 Å². The SMILES string of the molecule is CN(C)C(C)(C)C.CN(C)C(C)(C)C.CN(C)C(C)(C)C.OB(O)O. The van der Waals surface area contributed by atoms with Crippen LogP contribution in [-0.2, 0) is 0 Å². The van der Waals surface area contributed by atoms with Crippen molar-refractivity contribution in [3.63, 3.8) is 0 Å². The van der Waals surface area contributed by atoms with Crippen LogP contribution in [0.4, 0.5) is 0 Å². The molecule has 7 heteroatoms. The summed E-state index contributed by atoms with van der Waals surface area (Å²) in [6.07, 6.45) is 0. The lowest BCUT2D eigenvalue weighted by molar-refractivity contribution is 0.219. The van der Waals surface area contributed by atoms with E-state index in [0.717, 1.165) is 0 Å². The molecule has 0 spiro atoms. The molecule has 0 aliphatic carbocycles. The van der Waals surface area contributed by atoms with Gasteiger partial charge in [-0.05, 0) is 105 Å². The standard InChI is InChI=1S/3C6H15N.BH3O3/c3*1-6(2,3)7(4)5;2-1(3)4/h3*1-5H3;2-4H. The van der Waals surface area contributed by atoms with Gasteiger partial charge in [-0.25, -0.2) is 0 Å². The van der Waals surface area contributed by atoms with Crippen LogP contribution in [0.25, 0.3) is 0 Å². The number of hydrogen-bond donors (Lipinski definition) is 3. The fourth-order valence-electron chi connectivity index (χ4n) is 0. The van der Waals surface area contributed by atoms with Crippen molar-refractivity contribution < 1.29 is 15.1 Å². The molecule has 0 aromatic heterocycles. The largest absolute Gasteiger partial charge is 0.631 e. The van der Waals surface area contributed by atoms with Crippen LogP contribution in [0.1, 0.15) is 62.3 Å². The maximum atomic E-state index is 7.17. The molecule has 0 aromatic rings. The monoisotopic (exact) mass is 365 g/mol. The molecule has 0 fully saturated rings. The molecule has 3 N–H and O–H groups in total. The van der Waals surface area contributed by atoms with Gasteiger partial charge in [0.15, 0.2) is 0 Å². The van der Waals surface area contributed by atoms with Gasteiger partial charge in [0.2, 0.25) is 0 Å². The van der Waals surface area contributed by atoms with Crippen LogP contribution in [-0.4, -0.2) is 96.0 Å². The summed E-state index contributed by atoms with van der Waals surface area (Å²) >= 11 is 0. The minimum atomic E-state index is -2.17. The Balaban J connectivity index is -0.000000120. The van der Waals surface area contributed by atoms with E-state index in [-0.39, 0.29) is 0 Å². The molecular weight excluding hydrogens is 317 g/mol. The molecule has 25 heavy (non-hydrogen) atoms. The van der Waals surface area contributed by atoms with Gasteiger partial charge in [0, 0.05) is 16.6 Å². The molecule has 0 heterocycles. The van der Waals surface area contributed by atoms with Crippen molar-refractivity contribution in [3.05, 3.63) is 0 Å². The summed E-state index contributed by atoms with van der Waals surface area (Å²) in [7, 11) is 10.3. The van der Waals surface area contributed by atoms with Crippen molar-refractivity contribution in [2.75, 3.05) is 42.3 Å². The van der Waals surface area contributed by atoms with E-state index in [9.17, 15) is 0 Å². The Morgan fingerprint density at radius 3 is 0.480 bits per heavy atom. The first kappa shape index (κ1) is 32.5. The number of rotatable bonds is 0. The maximum absolute atomic E-state index is 7.17. The number of nitrogens with zero attached hydrogens (tertiary/aromatic N) is 3. The fourth-order valence-corrected chi connectivity index (χ4v) is 0. The van der Waals surface area contributed by atoms with Crippen LogP contribution in [0.3, 0.4) is 0 Å². The second kappa shape index (κ2) is 14.0. The van der Waals surface area contributed by atoms with E-state index in [2.05, 4.69) is 119 Å². The molecule has 0 saturated heterocycles. The highest BCUT2D eigenvalue weighted by Gasteiger charge is 2.11. The molecule has 0 radical (unpaired) electrons. The van der Waals surface area contributed by atoms with Gasteiger partial charge in [-0.1, -0.05) is 0 Å². The lowest BCUT2D eigenvalue weighted by Gasteiger charge is -2.27. The lowest BCUT2D eigenvalue weighted by Crippen LogP contribution is -2.34. The van der Waals surface area contributed by atoms with Gasteiger partial charge in [-0.3, -0.25) is 0 Å². The summed E-state index contributed by atoms with van der Waals surface area (Å²) < 4.78 is 0. The Morgan fingerprint density at radius 1 is 0.440 bits per heavy atom. The van der Waals surface area contributed by atoms with Gasteiger partial charge >= 0.3 is 7.32 Å². The van der Waals surface area contributed by atoms with E-state index in [4.69, 9.17) is 15.1 Å². The summed E-state index contributed by atoms with van der Waals surface area (Å²) in [6.45, 7) is 19.7. The summed E-state index contributed by atoms with van der Waals surface area (Å²) in [6, 6.07) is 0. The molecule has 0 amide bonds. The highest BCUT2D eigenvalue weighted by molar-refractivity contribution is 6.30. The lowest BCUT2D eigenvalue weighted by atomic mass is 10.1. The van der Waals surface area contributed by atoms with E-state index in [1.807, 2.05) is 0 Å². The van der Waals surface area contributed by atoms with Gasteiger partial charge in [-0.15, -0.1) is 0 Å². The zero-order valence-corrected chi connectivity index (χ0v) is 19.8. The zero-order valence-electron chi connectivity index (χ0n) is 19.8. The molecular formula is C18H48BN3O3. The minimum absolute atomic E-state index is 0.333.